The Morgan fingerprint density at radius 2 is 1.02 bits per heavy atom. The molecule has 0 fully saturated rings. The first-order chi connectivity index (χ1) is 27.2. The summed E-state index contributed by atoms with van der Waals surface area (Å²) >= 11 is 3.76. The number of aromatic nitrogens is 2. The number of thiophene rings is 2. The summed E-state index contributed by atoms with van der Waals surface area (Å²) in [6.07, 6.45) is 0. The maximum Gasteiger partial charge on any atom is 0.0715 e. The highest BCUT2D eigenvalue weighted by Crippen LogP contribution is 2.45. The zero-order valence-corrected chi connectivity index (χ0v) is 31.2. The topological polar surface area (TPSA) is 17.8 Å². The van der Waals surface area contributed by atoms with E-state index < -0.39 is 0 Å². The normalized spacial score (nSPS) is 12.0. The Labute approximate surface area is 324 Å². The number of hydrogen-bond acceptors (Lipinski definition) is 3. The number of pyridine rings is 1. The van der Waals surface area contributed by atoms with Gasteiger partial charge in [0.05, 0.1) is 22.2 Å². The molecule has 0 spiro atoms. The molecular formula is C51H30N2S2. The van der Waals surface area contributed by atoms with Gasteiger partial charge in [-0.1, -0.05) is 121 Å². The molecule has 2 nitrogen and oxygen atoms in total. The van der Waals surface area contributed by atoms with Crippen LogP contribution in [0.1, 0.15) is 0 Å². The minimum Gasteiger partial charge on any atom is -0.309 e. The van der Waals surface area contributed by atoms with Crippen molar-refractivity contribution in [2.45, 2.75) is 0 Å². The third-order valence-corrected chi connectivity index (χ3v) is 13.5. The fraction of sp³-hybridized carbons (Fsp3) is 0. The van der Waals surface area contributed by atoms with Crippen LogP contribution >= 0.6 is 22.7 Å². The fourth-order valence-corrected chi connectivity index (χ4v) is 11.0. The first-order valence-corrected chi connectivity index (χ1v) is 20.2. The van der Waals surface area contributed by atoms with Crippen LogP contribution in [0.4, 0.5) is 0 Å². The standard InChI is InChI=1S/C51H30N2S2/c1-2-11-31(12-3-1)44-30-41(35-13-4-7-17-43(35)52-44)39-16-10-20-48-51(39)40-25-22-33(28-50(40)55-48)32-21-24-38-42-29-34(23-26-47(42)54-49(38)27-32)53-45-18-8-5-14-36(45)37-15-6-9-19-46(37)53/h1-30H. The Morgan fingerprint density at radius 1 is 0.364 bits per heavy atom. The smallest absolute Gasteiger partial charge is 0.0715 e. The number of rotatable bonds is 4. The minimum atomic E-state index is 0.993. The molecule has 0 aliphatic carbocycles. The summed E-state index contributed by atoms with van der Waals surface area (Å²) in [4.78, 5) is 5.08. The Kier molecular flexibility index (Phi) is 6.70. The van der Waals surface area contributed by atoms with Crippen LogP contribution in [-0.4, -0.2) is 9.55 Å². The van der Waals surface area contributed by atoms with Crippen molar-refractivity contribution in [2.24, 2.45) is 0 Å². The number of nitrogens with zero attached hydrogens (tertiary/aromatic N) is 2. The van der Waals surface area contributed by atoms with E-state index in [0.717, 1.165) is 16.8 Å². The van der Waals surface area contributed by atoms with Crippen LogP contribution in [0.25, 0.3) is 112 Å². The summed E-state index contributed by atoms with van der Waals surface area (Å²) < 4.78 is 7.62. The van der Waals surface area contributed by atoms with Gasteiger partial charge in [0.1, 0.15) is 0 Å². The SMILES string of the molecule is c1ccc(-c2cc(-c3cccc4sc5cc(-c6ccc7c(c6)sc6ccc(-n8c9ccccc9c9ccccc98)cc67)ccc5c34)c3ccccc3n2)cc1. The van der Waals surface area contributed by atoms with E-state index in [9.17, 15) is 0 Å². The Hall–Kier alpha value is -6.59. The second-order valence-corrected chi connectivity index (χ2v) is 16.5. The van der Waals surface area contributed by atoms with Crippen molar-refractivity contribution in [2.75, 3.05) is 0 Å². The molecule has 4 heteroatoms. The minimum absolute atomic E-state index is 0.993. The zero-order valence-electron chi connectivity index (χ0n) is 29.5. The molecule has 12 aromatic rings. The van der Waals surface area contributed by atoms with Gasteiger partial charge in [-0.15, -0.1) is 22.7 Å². The van der Waals surface area contributed by atoms with Gasteiger partial charge in [0, 0.05) is 67.8 Å². The maximum absolute atomic E-state index is 5.08. The maximum atomic E-state index is 5.08. The lowest BCUT2D eigenvalue weighted by atomic mass is 9.94. The van der Waals surface area contributed by atoms with Gasteiger partial charge < -0.3 is 4.57 Å². The second-order valence-electron chi connectivity index (χ2n) is 14.3. The number of fused-ring (bicyclic) bond motifs is 10. The van der Waals surface area contributed by atoms with E-state index in [0.29, 0.717) is 0 Å². The predicted molar refractivity (Wildman–Crippen MR) is 238 cm³/mol. The van der Waals surface area contributed by atoms with E-state index in [2.05, 4.69) is 187 Å². The summed E-state index contributed by atoms with van der Waals surface area (Å²) in [5, 5.41) is 8.95. The third kappa shape index (κ3) is 4.75. The van der Waals surface area contributed by atoms with Crippen LogP contribution in [-0.2, 0) is 0 Å². The number of benzene rings is 8. The van der Waals surface area contributed by atoms with E-state index in [1.807, 2.05) is 22.7 Å². The quantitative estimate of drug-likeness (QED) is 0.176. The van der Waals surface area contributed by atoms with Crippen molar-refractivity contribution >= 4 is 95.7 Å². The molecule has 4 aromatic heterocycles. The monoisotopic (exact) mass is 734 g/mol. The molecule has 0 amide bonds. The van der Waals surface area contributed by atoms with Gasteiger partial charge in [0.15, 0.2) is 0 Å². The van der Waals surface area contributed by atoms with Gasteiger partial charge in [-0.2, -0.15) is 0 Å². The van der Waals surface area contributed by atoms with Crippen molar-refractivity contribution in [3.8, 4) is 39.2 Å². The fourth-order valence-electron chi connectivity index (χ4n) is 8.67. The van der Waals surface area contributed by atoms with Crippen LogP contribution in [0.2, 0.25) is 0 Å². The zero-order chi connectivity index (χ0) is 36.0. The summed E-state index contributed by atoms with van der Waals surface area (Å²) in [5.74, 6) is 0. The average molecular weight is 735 g/mol. The van der Waals surface area contributed by atoms with Crippen molar-refractivity contribution in [1.82, 2.24) is 9.55 Å². The van der Waals surface area contributed by atoms with E-state index in [1.54, 1.807) is 0 Å². The molecule has 12 rings (SSSR count). The van der Waals surface area contributed by atoms with Crippen LogP contribution in [0, 0.1) is 0 Å². The van der Waals surface area contributed by atoms with Gasteiger partial charge in [-0.3, -0.25) is 0 Å². The first kappa shape index (κ1) is 30.8. The Morgan fingerprint density at radius 3 is 1.80 bits per heavy atom. The molecule has 0 unspecified atom stereocenters. The summed E-state index contributed by atoms with van der Waals surface area (Å²) in [6, 6.07) is 66.5. The lowest BCUT2D eigenvalue weighted by molar-refractivity contribution is 1.19. The lowest BCUT2D eigenvalue weighted by Crippen LogP contribution is -1.93. The van der Waals surface area contributed by atoms with Crippen LogP contribution in [0.15, 0.2) is 182 Å². The number of hydrogen-bond donors (Lipinski definition) is 0. The average Bonchev–Trinajstić information content (AvgIpc) is 3.92. The molecule has 0 atom stereocenters. The summed E-state index contributed by atoms with van der Waals surface area (Å²) in [5.41, 5.74) is 11.7. The summed E-state index contributed by atoms with van der Waals surface area (Å²) in [7, 11) is 0. The Bertz CT molecular complexity index is 3440. The molecule has 8 aromatic carbocycles. The lowest BCUT2D eigenvalue weighted by Gasteiger charge is -2.12. The van der Waals surface area contributed by atoms with Crippen LogP contribution < -0.4 is 0 Å². The van der Waals surface area contributed by atoms with Crippen molar-refractivity contribution in [3.63, 3.8) is 0 Å². The van der Waals surface area contributed by atoms with E-state index in [-0.39, 0.29) is 0 Å². The second kappa shape index (κ2) is 12.0. The predicted octanol–water partition coefficient (Wildman–Crippen LogP) is 15.1. The molecule has 4 heterocycles. The molecular weight excluding hydrogens is 705 g/mol. The highest BCUT2D eigenvalue weighted by molar-refractivity contribution is 7.26. The third-order valence-electron chi connectivity index (χ3n) is 11.2. The van der Waals surface area contributed by atoms with Crippen molar-refractivity contribution < 1.29 is 0 Å². The first-order valence-electron chi connectivity index (χ1n) is 18.6. The van der Waals surface area contributed by atoms with E-state index in [4.69, 9.17) is 4.98 Å². The molecule has 55 heavy (non-hydrogen) atoms. The molecule has 256 valence electrons. The highest BCUT2D eigenvalue weighted by atomic mass is 32.1. The van der Waals surface area contributed by atoms with Crippen LogP contribution in [0.5, 0.6) is 0 Å². The number of para-hydroxylation sites is 3. The highest BCUT2D eigenvalue weighted by Gasteiger charge is 2.17. The van der Waals surface area contributed by atoms with Gasteiger partial charge in [-0.05, 0) is 82.9 Å². The van der Waals surface area contributed by atoms with E-state index >= 15 is 0 Å². The van der Waals surface area contributed by atoms with Crippen molar-refractivity contribution in [3.05, 3.63) is 182 Å². The molecule has 0 saturated heterocycles. The van der Waals surface area contributed by atoms with Crippen LogP contribution in [0.3, 0.4) is 0 Å². The summed E-state index contributed by atoms with van der Waals surface area (Å²) in [6.45, 7) is 0. The van der Waals surface area contributed by atoms with Crippen molar-refractivity contribution in [1.29, 1.82) is 0 Å². The van der Waals surface area contributed by atoms with Gasteiger partial charge in [0.2, 0.25) is 0 Å². The Balaban J connectivity index is 0.970. The molecule has 0 N–H and O–H groups in total. The molecule has 0 aliphatic heterocycles. The van der Waals surface area contributed by atoms with Gasteiger partial charge >= 0.3 is 0 Å². The van der Waals surface area contributed by atoms with Gasteiger partial charge in [0.25, 0.3) is 0 Å². The molecule has 0 saturated carbocycles. The van der Waals surface area contributed by atoms with Gasteiger partial charge in [-0.25, -0.2) is 4.98 Å². The molecule has 0 bridgehead atoms. The largest absolute Gasteiger partial charge is 0.309 e. The molecule has 0 radical (unpaired) electrons. The van der Waals surface area contributed by atoms with E-state index in [1.165, 1.54) is 95.5 Å². The molecule has 0 aliphatic rings.